The van der Waals surface area contributed by atoms with Gasteiger partial charge in [0.1, 0.15) is 0 Å². The molecular formula is C15H20ClN3O2. The highest BCUT2D eigenvalue weighted by atomic mass is 35.5. The zero-order valence-electron chi connectivity index (χ0n) is 11.8. The molecule has 2 amide bonds. The highest BCUT2D eigenvalue weighted by Crippen LogP contribution is 2.09. The fourth-order valence-electron chi connectivity index (χ4n) is 2.26. The Morgan fingerprint density at radius 3 is 2.52 bits per heavy atom. The summed E-state index contributed by atoms with van der Waals surface area (Å²) in [5, 5.41) is 9.37. The molecule has 1 aliphatic heterocycles. The molecule has 1 atom stereocenters. The van der Waals surface area contributed by atoms with Crippen LogP contribution < -0.4 is 16.0 Å². The van der Waals surface area contributed by atoms with E-state index in [2.05, 4.69) is 16.0 Å². The van der Waals surface area contributed by atoms with E-state index < -0.39 is 0 Å². The van der Waals surface area contributed by atoms with Crippen molar-refractivity contribution < 1.29 is 9.59 Å². The Labute approximate surface area is 129 Å². The van der Waals surface area contributed by atoms with Gasteiger partial charge in [0.05, 0.1) is 6.04 Å². The van der Waals surface area contributed by atoms with E-state index in [1.165, 1.54) is 0 Å². The molecule has 5 nitrogen and oxygen atoms in total. The summed E-state index contributed by atoms with van der Waals surface area (Å²) in [7, 11) is 0. The first-order chi connectivity index (χ1) is 10.2. The van der Waals surface area contributed by atoms with Crippen molar-refractivity contribution in [2.24, 2.45) is 0 Å². The number of carbonyl (C=O) groups is 2. The second-order valence-corrected chi connectivity index (χ2v) is 5.49. The number of piperidine rings is 1. The van der Waals surface area contributed by atoms with Gasteiger partial charge in [-0.3, -0.25) is 9.59 Å². The van der Waals surface area contributed by atoms with Crippen LogP contribution in [0.2, 0.25) is 5.02 Å². The number of halogens is 1. The second-order valence-electron chi connectivity index (χ2n) is 5.06. The lowest BCUT2D eigenvalue weighted by Gasteiger charge is -2.22. The SMILES string of the molecule is O=C(NCCNC(=O)C1CCCCN1)c1ccc(Cl)cc1. The van der Waals surface area contributed by atoms with Gasteiger partial charge in [-0.05, 0) is 43.7 Å². The molecule has 1 aromatic rings. The summed E-state index contributed by atoms with van der Waals surface area (Å²) in [5.41, 5.74) is 0.555. The number of amides is 2. The van der Waals surface area contributed by atoms with Crippen molar-refractivity contribution in [3.63, 3.8) is 0 Å². The molecule has 0 aliphatic carbocycles. The molecule has 3 N–H and O–H groups in total. The first kappa shape index (κ1) is 15.8. The third-order valence-corrected chi connectivity index (χ3v) is 3.69. The van der Waals surface area contributed by atoms with Crippen molar-refractivity contribution in [3.05, 3.63) is 34.9 Å². The van der Waals surface area contributed by atoms with E-state index in [4.69, 9.17) is 11.6 Å². The normalized spacial score (nSPS) is 18.0. The third-order valence-electron chi connectivity index (χ3n) is 3.44. The lowest BCUT2D eigenvalue weighted by atomic mass is 10.0. The van der Waals surface area contributed by atoms with Crippen molar-refractivity contribution in [1.29, 1.82) is 0 Å². The molecule has 1 aliphatic rings. The number of nitrogens with one attached hydrogen (secondary N) is 3. The van der Waals surface area contributed by atoms with Crippen LogP contribution in [0.15, 0.2) is 24.3 Å². The summed E-state index contributed by atoms with van der Waals surface area (Å²) >= 11 is 5.77. The minimum Gasteiger partial charge on any atom is -0.353 e. The number of benzene rings is 1. The van der Waals surface area contributed by atoms with Gasteiger partial charge < -0.3 is 16.0 Å². The van der Waals surface area contributed by atoms with Gasteiger partial charge in [0, 0.05) is 23.7 Å². The van der Waals surface area contributed by atoms with Crippen LogP contribution in [0, 0.1) is 0 Å². The van der Waals surface area contributed by atoms with Crippen LogP contribution in [0.3, 0.4) is 0 Å². The number of hydrogen-bond donors (Lipinski definition) is 3. The van der Waals surface area contributed by atoms with Crippen molar-refractivity contribution in [1.82, 2.24) is 16.0 Å². The van der Waals surface area contributed by atoms with Crippen LogP contribution >= 0.6 is 11.6 Å². The Balaban J connectivity index is 1.66. The molecule has 0 spiro atoms. The Morgan fingerprint density at radius 2 is 1.86 bits per heavy atom. The standard InChI is InChI=1S/C15H20ClN3O2/c16-12-6-4-11(5-7-12)14(20)18-9-10-19-15(21)13-3-1-2-8-17-13/h4-7,13,17H,1-3,8-10H2,(H,18,20)(H,19,21). The smallest absolute Gasteiger partial charge is 0.251 e. The van der Waals surface area contributed by atoms with E-state index >= 15 is 0 Å². The zero-order valence-corrected chi connectivity index (χ0v) is 12.6. The Morgan fingerprint density at radius 1 is 1.14 bits per heavy atom. The van der Waals surface area contributed by atoms with Crippen LogP contribution in [-0.2, 0) is 4.79 Å². The maximum atomic E-state index is 11.8. The van der Waals surface area contributed by atoms with Crippen LogP contribution in [0.1, 0.15) is 29.6 Å². The molecule has 21 heavy (non-hydrogen) atoms. The van der Waals surface area contributed by atoms with Crippen LogP contribution in [0.25, 0.3) is 0 Å². The summed E-state index contributed by atoms with van der Waals surface area (Å²) in [6, 6.07) is 6.59. The maximum Gasteiger partial charge on any atom is 0.251 e. The molecular weight excluding hydrogens is 290 g/mol. The minimum absolute atomic E-state index is 0.00967. The van der Waals surface area contributed by atoms with Crippen molar-refractivity contribution in [2.75, 3.05) is 19.6 Å². The van der Waals surface area contributed by atoms with E-state index in [1.54, 1.807) is 24.3 Å². The van der Waals surface area contributed by atoms with E-state index in [1.807, 2.05) is 0 Å². The molecule has 0 bridgehead atoms. The molecule has 1 fully saturated rings. The average Bonchev–Trinajstić information content (AvgIpc) is 2.52. The molecule has 0 aromatic heterocycles. The van der Waals surface area contributed by atoms with Gasteiger partial charge in [0.25, 0.3) is 5.91 Å². The quantitative estimate of drug-likeness (QED) is 0.719. The summed E-state index contributed by atoms with van der Waals surface area (Å²) in [6.07, 6.45) is 3.09. The predicted octanol–water partition coefficient (Wildman–Crippen LogP) is 1.33. The zero-order chi connectivity index (χ0) is 15.1. The van der Waals surface area contributed by atoms with Gasteiger partial charge in [-0.1, -0.05) is 18.0 Å². The van der Waals surface area contributed by atoms with Gasteiger partial charge in [-0.2, -0.15) is 0 Å². The average molecular weight is 310 g/mol. The first-order valence-corrected chi connectivity index (χ1v) is 7.59. The van der Waals surface area contributed by atoms with Crippen molar-refractivity contribution in [3.8, 4) is 0 Å². The lowest BCUT2D eigenvalue weighted by molar-refractivity contribution is -0.123. The molecule has 2 rings (SSSR count). The fraction of sp³-hybridized carbons (Fsp3) is 0.467. The van der Waals surface area contributed by atoms with Gasteiger partial charge >= 0.3 is 0 Å². The van der Waals surface area contributed by atoms with Gasteiger partial charge in [0.2, 0.25) is 5.91 Å². The molecule has 6 heteroatoms. The Kier molecular flexibility index (Phi) is 6.02. The summed E-state index contributed by atoms with van der Waals surface area (Å²) in [5.74, 6) is -0.160. The highest BCUT2D eigenvalue weighted by molar-refractivity contribution is 6.30. The van der Waals surface area contributed by atoms with E-state index in [-0.39, 0.29) is 17.9 Å². The Hall–Kier alpha value is -1.59. The maximum absolute atomic E-state index is 11.8. The summed E-state index contributed by atoms with van der Waals surface area (Å²) in [6.45, 7) is 1.72. The topological polar surface area (TPSA) is 70.2 Å². The highest BCUT2D eigenvalue weighted by Gasteiger charge is 2.19. The Bertz CT molecular complexity index is 484. The minimum atomic E-state index is -0.170. The van der Waals surface area contributed by atoms with Gasteiger partial charge in [-0.15, -0.1) is 0 Å². The van der Waals surface area contributed by atoms with Crippen LogP contribution in [0.5, 0.6) is 0 Å². The van der Waals surface area contributed by atoms with Crippen molar-refractivity contribution in [2.45, 2.75) is 25.3 Å². The predicted molar refractivity (Wildman–Crippen MR) is 82.4 cm³/mol. The molecule has 1 heterocycles. The molecule has 0 saturated carbocycles. The van der Waals surface area contributed by atoms with Gasteiger partial charge in [0.15, 0.2) is 0 Å². The molecule has 114 valence electrons. The van der Waals surface area contributed by atoms with E-state index in [0.717, 1.165) is 25.8 Å². The largest absolute Gasteiger partial charge is 0.353 e. The second kappa shape index (κ2) is 8.00. The number of carbonyl (C=O) groups excluding carboxylic acids is 2. The lowest BCUT2D eigenvalue weighted by Crippen LogP contribution is -2.48. The number of rotatable bonds is 5. The molecule has 0 radical (unpaired) electrons. The van der Waals surface area contributed by atoms with Crippen LogP contribution in [-0.4, -0.2) is 37.5 Å². The molecule has 1 saturated heterocycles. The summed E-state index contributed by atoms with van der Waals surface area (Å²) in [4.78, 5) is 23.7. The molecule has 1 aromatic carbocycles. The molecule has 1 unspecified atom stereocenters. The first-order valence-electron chi connectivity index (χ1n) is 7.21. The number of hydrogen-bond acceptors (Lipinski definition) is 3. The fourth-order valence-corrected chi connectivity index (χ4v) is 2.39. The monoisotopic (exact) mass is 309 g/mol. The van der Waals surface area contributed by atoms with Crippen molar-refractivity contribution >= 4 is 23.4 Å². The van der Waals surface area contributed by atoms with Crippen LogP contribution in [0.4, 0.5) is 0 Å². The van der Waals surface area contributed by atoms with E-state index in [9.17, 15) is 9.59 Å². The summed E-state index contributed by atoms with van der Waals surface area (Å²) < 4.78 is 0. The van der Waals surface area contributed by atoms with Gasteiger partial charge in [-0.25, -0.2) is 0 Å². The third kappa shape index (κ3) is 5.02. The van der Waals surface area contributed by atoms with E-state index in [0.29, 0.717) is 23.7 Å².